The maximum absolute atomic E-state index is 12.1. The fourth-order valence-electron chi connectivity index (χ4n) is 1.46. The topological polar surface area (TPSA) is 30.0 Å². The molecule has 2 rings (SSSR count). The first-order chi connectivity index (χ1) is 7.20. The van der Waals surface area contributed by atoms with E-state index in [-0.39, 0.29) is 5.78 Å². The second-order valence-corrected chi connectivity index (χ2v) is 4.37. The van der Waals surface area contributed by atoms with Gasteiger partial charge < -0.3 is 0 Å². The van der Waals surface area contributed by atoms with Crippen LogP contribution >= 0.6 is 11.3 Å². The number of hydrogen-bond donors (Lipinski definition) is 0. The predicted molar refractivity (Wildman–Crippen MR) is 61.5 cm³/mol. The minimum Gasteiger partial charge on any atom is -0.288 e. The normalized spacial score (nSPS) is 10.3. The lowest BCUT2D eigenvalue weighted by atomic mass is 10.0. The molecule has 2 nitrogen and oxygen atoms in total. The van der Waals surface area contributed by atoms with E-state index in [4.69, 9.17) is 0 Å². The van der Waals surface area contributed by atoms with Crippen molar-refractivity contribution < 1.29 is 4.79 Å². The Hall–Kier alpha value is -1.48. The van der Waals surface area contributed by atoms with Crippen LogP contribution in [0.3, 0.4) is 0 Å². The van der Waals surface area contributed by atoms with Crippen molar-refractivity contribution >= 4 is 17.1 Å². The third kappa shape index (κ3) is 1.83. The average Bonchev–Trinajstić information content (AvgIpc) is 2.64. The third-order valence-electron chi connectivity index (χ3n) is 2.33. The lowest BCUT2D eigenvalue weighted by molar-refractivity contribution is 0.104. The van der Waals surface area contributed by atoms with E-state index < -0.39 is 0 Å². The number of rotatable bonds is 2. The number of carbonyl (C=O) groups is 1. The van der Waals surface area contributed by atoms with E-state index in [1.807, 2.05) is 25.3 Å². The van der Waals surface area contributed by atoms with Gasteiger partial charge in [0, 0.05) is 18.0 Å². The van der Waals surface area contributed by atoms with Crippen LogP contribution in [0.15, 0.2) is 29.9 Å². The van der Waals surface area contributed by atoms with Gasteiger partial charge in [-0.1, -0.05) is 0 Å². The smallest absolute Gasteiger partial charge is 0.203 e. The van der Waals surface area contributed by atoms with Crippen molar-refractivity contribution in [2.75, 3.05) is 0 Å². The largest absolute Gasteiger partial charge is 0.288 e. The SMILES string of the molecule is Cc1cnccc1C(=O)c1sccc1C. The Labute approximate surface area is 92.6 Å². The fourth-order valence-corrected chi connectivity index (χ4v) is 2.34. The van der Waals surface area contributed by atoms with Crippen LogP contribution in [0.5, 0.6) is 0 Å². The Bertz CT molecular complexity index is 502. The summed E-state index contributed by atoms with van der Waals surface area (Å²) in [4.78, 5) is 16.9. The molecule has 0 aliphatic heterocycles. The molecule has 0 radical (unpaired) electrons. The number of ketones is 1. The van der Waals surface area contributed by atoms with Crippen LogP contribution in [0.1, 0.15) is 26.4 Å². The molecule has 2 aromatic rings. The van der Waals surface area contributed by atoms with Crippen LogP contribution in [0.25, 0.3) is 0 Å². The van der Waals surface area contributed by atoms with Crippen molar-refractivity contribution in [1.29, 1.82) is 0 Å². The van der Waals surface area contributed by atoms with Crippen LogP contribution < -0.4 is 0 Å². The van der Waals surface area contributed by atoms with Gasteiger partial charge in [-0.25, -0.2) is 0 Å². The van der Waals surface area contributed by atoms with Gasteiger partial charge in [-0.2, -0.15) is 0 Å². The number of pyridine rings is 1. The van der Waals surface area contributed by atoms with E-state index >= 15 is 0 Å². The first-order valence-electron chi connectivity index (χ1n) is 4.69. The van der Waals surface area contributed by atoms with E-state index in [9.17, 15) is 4.79 Å². The van der Waals surface area contributed by atoms with E-state index in [1.54, 1.807) is 18.5 Å². The Morgan fingerprint density at radius 3 is 2.67 bits per heavy atom. The van der Waals surface area contributed by atoms with Crippen molar-refractivity contribution in [3.63, 3.8) is 0 Å². The number of carbonyl (C=O) groups excluding carboxylic acids is 1. The van der Waals surface area contributed by atoms with Gasteiger partial charge in [0.1, 0.15) is 0 Å². The first-order valence-corrected chi connectivity index (χ1v) is 5.57. The summed E-state index contributed by atoms with van der Waals surface area (Å²) in [6.07, 6.45) is 3.37. The number of aryl methyl sites for hydroxylation is 2. The molecule has 0 bridgehead atoms. The third-order valence-corrected chi connectivity index (χ3v) is 3.35. The van der Waals surface area contributed by atoms with Gasteiger partial charge in [0.05, 0.1) is 4.88 Å². The molecule has 0 aromatic carbocycles. The molecule has 2 heterocycles. The second kappa shape index (κ2) is 3.95. The minimum atomic E-state index is 0.0994. The summed E-state index contributed by atoms with van der Waals surface area (Å²) in [5.41, 5.74) is 2.71. The molecule has 0 saturated heterocycles. The summed E-state index contributed by atoms with van der Waals surface area (Å²) in [5.74, 6) is 0.0994. The van der Waals surface area contributed by atoms with E-state index in [1.165, 1.54) is 11.3 Å². The number of aromatic nitrogens is 1. The molecule has 3 heteroatoms. The second-order valence-electron chi connectivity index (χ2n) is 3.45. The molecule has 2 aromatic heterocycles. The van der Waals surface area contributed by atoms with Gasteiger partial charge in [0.15, 0.2) is 0 Å². The molecule has 0 unspecified atom stereocenters. The molecule has 0 spiro atoms. The lowest BCUT2D eigenvalue weighted by Crippen LogP contribution is -2.03. The molecule has 15 heavy (non-hydrogen) atoms. The number of nitrogens with zero attached hydrogens (tertiary/aromatic N) is 1. The molecule has 0 amide bonds. The van der Waals surface area contributed by atoms with Gasteiger partial charge >= 0.3 is 0 Å². The monoisotopic (exact) mass is 217 g/mol. The highest BCUT2D eigenvalue weighted by Gasteiger charge is 2.14. The number of hydrogen-bond acceptors (Lipinski definition) is 3. The van der Waals surface area contributed by atoms with Crippen molar-refractivity contribution in [3.05, 3.63) is 51.5 Å². The van der Waals surface area contributed by atoms with Gasteiger partial charge in [-0.05, 0) is 42.5 Å². The van der Waals surface area contributed by atoms with Gasteiger partial charge in [0.25, 0.3) is 0 Å². The summed E-state index contributed by atoms with van der Waals surface area (Å²) in [5, 5.41) is 1.94. The van der Waals surface area contributed by atoms with Crippen LogP contribution in [0, 0.1) is 13.8 Å². The number of thiophene rings is 1. The van der Waals surface area contributed by atoms with E-state index in [0.29, 0.717) is 0 Å². The first kappa shape index (κ1) is 10.1. The minimum absolute atomic E-state index is 0.0994. The zero-order chi connectivity index (χ0) is 10.8. The summed E-state index contributed by atoms with van der Waals surface area (Å²) < 4.78 is 0. The Morgan fingerprint density at radius 1 is 1.27 bits per heavy atom. The van der Waals surface area contributed by atoms with Crippen LogP contribution in [0.4, 0.5) is 0 Å². The fraction of sp³-hybridized carbons (Fsp3) is 0.167. The highest BCUT2D eigenvalue weighted by atomic mass is 32.1. The standard InChI is InChI=1S/C12H11NOS/c1-8-4-6-15-12(8)11(14)10-3-5-13-7-9(10)2/h3-7H,1-2H3. The molecular formula is C12H11NOS. The summed E-state index contributed by atoms with van der Waals surface area (Å²) in [6.45, 7) is 3.86. The van der Waals surface area contributed by atoms with Gasteiger partial charge in [-0.15, -0.1) is 11.3 Å². The maximum Gasteiger partial charge on any atom is 0.203 e. The van der Waals surface area contributed by atoms with Crippen LogP contribution in [0.2, 0.25) is 0 Å². The van der Waals surface area contributed by atoms with E-state index in [0.717, 1.165) is 21.6 Å². The molecular weight excluding hydrogens is 206 g/mol. The molecule has 76 valence electrons. The van der Waals surface area contributed by atoms with Crippen LogP contribution in [-0.4, -0.2) is 10.8 Å². The van der Waals surface area contributed by atoms with Crippen molar-refractivity contribution in [2.45, 2.75) is 13.8 Å². The van der Waals surface area contributed by atoms with Crippen molar-refractivity contribution in [1.82, 2.24) is 4.98 Å². The van der Waals surface area contributed by atoms with Gasteiger partial charge in [-0.3, -0.25) is 9.78 Å². The van der Waals surface area contributed by atoms with Crippen molar-refractivity contribution in [3.8, 4) is 0 Å². The zero-order valence-corrected chi connectivity index (χ0v) is 9.47. The maximum atomic E-state index is 12.1. The van der Waals surface area contributed by atoms with Crippen LogP contribution in [-0.2, 0) is 0 Å². The average molecular weight is 217 g/mol. The predicted octanol–water partition coefficient (Wildman–Crippen LogP) is 2.99. The van der Waals surface area contributed by atoms with E-state index in [2.05, 4.69) is 4.98 Å². The molecule has 0 aliphatic rings. The summed E-state index contributed by atoms with van der Waals surface area (Å²) >= 11 is 1.49. The molecule has 0 saturated carbocycles. The summed E-state index contributed by atoms with van der Waals surface area (Å²) in [7, 11) is 0. The Morgan fingerprint density at radius 2 is 2.07 bits per heavy atom. The Kier molecular flexibility index (Phi) is 2.64. The Balaban J connectivity index is 2.46. The highest BCUT2D eigenvalue weighted by molar-refractivity contribution is 7.12. The highest BCUT2D eigenvalue weighted by Crippen LogP contribution is 2.21. The van der Waals surface area contributed by atoms with Gasteiger partial charge in [0.2, 0.25) is 5.78 Å². The quantitative estimate of drug-likeness (QED) is 0.724. The lowest BCUT2D eigenvalue weighted by Gasteiger charge is -2.02. The molecule has 0 N–H and O–H groups in total. The molecule has 0 fully saturated rings. The molecule has 0 aliphatic carbocycles. The zero-order valence-electron chi connectivity index (χ0n) is 8.65. The molecule has 0 atom stereocenters. The van der Waals surface area contributed by atoms with Crippen molar-refractivity contribution in [2.24, 2.45) is 0 Å². The summed E-state index contributed by atoms with van der Waals surface area (Å²) in [6, 6.07) is 3.74.